The van der Waals surface area contributed by atoms with Crippen molar-refractivity contribution in [1.82, 2.24) is 9.88 Å². The van der Waals surface area contributed by atoms with Crippen LogP contribution in [0.2, 0.25) is 5.02 Å². The fraction of sp³-hybridized carbons (Fsp3) is 0.296. The van der Waals surface area contributed by atoms with Crippen LogP contribution in [0.5, 0.6) is 0 Å². The smallest absolute Gasteiger partial charge is 0.0896 e. The lowest BCUT2D eigenvalue weighted by atomic mass is 9.92. The van der Waals surface area contributed by atoms with Crippen molar-refractivity contribution in [3.05, 3.63) is 100 Å². The SMILES string of the molecule is Clc1ccc(COC2C[C]=Cc3ccc(CN4CCN(c5ccccc5)CC4)cc32)nc1. The summed E-state index contributed by atoms with van der Waals surface area (Å²) in [7, 11) is 0. The van der Waals surface area contributed by atoms with E-state index < -0.39 is 0 Å². The Morgan fingerprint density at radius 2 is 1.84 bits per heavy atom. The second-order valence-electron chi connectivity index (χ2n) is 8.38. The fourth-order valence-electron chi connectivity index (χ4n) is 4.41. The molecule has 3 aromatic rings. The third-order valence-electron chi connectivity index (χ3n) is 6.18. The van der Waals surface area contributed by atoms with Crippen LogP contribution in [0, 0.1) is 6.08 Å². The Hall–Kier alpha value is -2.66. The van der Waals surface area contributed by atoms with Crippen molar-refractivity contribution in [1.29, 1.82) is 0 Å². The summed E-state index contributed by atoms with van der Waals surface area (Å²) in [5.74, 6) is 0. The number of halogens is 1. The number of hydrogen-bond acceptors (Lipinski definition) is 4. The van der Waals surface area contributed by atoms with Crippen LogP contribution in [0.25, 0.3) is 6.08 Å². The van der Waals surface area contributed by atoms with Crippen molar-refractivity contribution < 1.29 is 4.74 Å². The molecule has 4 nitrogen and oxygen atoms in total. The molecule has 32 heavy (non-hydrogen) atoms. The summed E-state index contributed by atoms with van der Waals surface area (Å²) in [6.07, 6.45) is 7.86. The predicted molar refractivity (Wildman–Crippen MR) is 129 cm³/mol. The molecule has 0 saturated carbocycles. The molecule has 1 fully saturated rings. The lowest BCUT2D eigenvalue weighted by Crippen LogP contribution is -2.45. The Labute approximate surface area is 195 Å². The Bertz CT molecular complexity index is 1060. The van der Waals surface area contributed by atoms with Gasteiger partial charge in [-0.3, -0.25) is 9.88 Å². The summed E-state index contributed by atoms with van der Waals surface area (Å²) < 4.78 is 6.24. The first-order valence-corrected chi connectivity index (χ1v) is 11.6. The molecule has 1 radical (unpaired) electrons. The minimum Gasteiger partial charge on any atom is -0.369 e. The number of ether oxygens (including phenoxy) is 1. The first-order chi connectivity index (χ1) is 15.7. The summed E-state index contributed by atoms with van der Waals surface area (Å²) in [5.41, 5.74) is 5.99. The van der Waals surface area contributed by atoms with E-state index in [9.17, 15) is 0 Å². The zero-order valence-electron chi connectivity index (χ0n) is 18.1. The monoisotopic (exact) mass is 444 g/mol. The van der Waals surface area contributed by atoms with Crippen LogP contribution in [0.1, 0.15) is 34.9 Å². The van der Waals surface area contributed by atoms with Crippen LogP contribution in [0.3, 0.4) is 0 Å². The van der Waals surface area contributed by atoms with E-state index in [0.717, 1.165) is 44.8 Å². The van der Waals surface area contributed by atoms with Crippen LogP contribution in [0.15, 0.2) is 66.9 Å². The molecule has 163 valence electrons. The number of hydrogen-bond donors (Lipinski definition) is 0. The Balaban J connectivity index is 1.21. The molecule has 1 aliphatic carbocycles. The molecule has 2 aromatic carbocycles. The molecule has 0 bridgehead atoms. The number of aromatic nitrogens is 1. The summed E-state index contributed by atoms with van der Waals surface area (Å²) in [4.78, 5) is 9.36. The van der Waals surface area contributed by atoms with Gasteiger partial charge < -0.3 is 9.64 Å². The maximum atomic E-state index is 6.24. The van der Waals surface area contributed by atoms with Crippen molar-refractivity contribution >= 4 is 23.4 Å². The molecule has 0 N–H and O–H groups in total. The molecule has 5 rings (SSSR count). The van der Waals surface area contributed by atoms with E-state index >= 15 is 0 Å². The third-order valence-corrected chi connectivity index (χ3v) is 6.40. The van der Waals surface area contributed by atoms with Gasteiger partial charge in [-0.15, -0.1) is 0 Å². The highest BCUT2D eigenvalue weighted by molar-refractivity contribution is 6.30. The summed E-state index contributed by atoms with van der Waals surface area (Å²) in [6.45, 7) is 5.70. The van der Waals surface area contributed by atoms with Gasteiger partial charge in [0.05, 0.1) is 23.4 Å². The average Bonchev–Trinajstić information content (AvgIpc) is 2.85. The van der Waals surface area contributed by atoms with Crippen molar-refractivity contribution in [3.8, 4) is 0 Å². The number of nitrogens with zero attached hydrogens (tertiary/aromatic N) is 3. The van der Waals surface area contributed by atoms with E-state index in [2.05, 4.69) is 75.5 Å². The maximum absolute atomic E-state index is 6.24. The van der Waals surface area contributed by atoms with Gasteiger partial charge in [0.1, 0.15) is 0 Å². The van der Waals surface area contributed by atoms with Crippen molar-refractivity contribution in [2.75, 3.05) is 31.1 Å². The van der Waals surface area contributed by atoms with E-state index in [0.29, 0.717) is 11.6 Å². The molecule has 2 heterocycles. The first kappa shape index (κ1) is 21.2. The summed E-state index contributed by atoms with van der Waals surface area (Å²) in [6, 6.07) is 21.2. The largest absolute Gasteiger partial charge is 0.369 e. The molecule has 0 spiro atoms. The zero-order valence-corrected chi connectivity index (χ0v) is 18.8. The molecule has 1 aromatic heterocycles. The number of para-hydroxylation sites is 1. The summed E-state index contributed by atoms with van der Waals surface area (Å²) >= 11 is 5.94. The predicted octanol–water partition coefficient (Wildman–Crippen LogP) is 5.54. The molecule has 1 aliphatic heterocycles. The zero-order chi connectivity index (χ0) is 21.8. The number of benzene rings is 2. The minimum atomic E-state index is 0.00218. The number of rotatable bonds is 6. The first-order valence-electron chi connectivity index (χ1n) is 11.2. The van der Waals surface area contributed by atoms with Crippen molar-refractivity contribution in [2.45, 2.75) is 25.7 Å². The van der Waals surface area contributed by atoms with Gasteiger partial charge in [-0.1, -0.05) is 54.1 Å². The quantitative estimate of drug-likeness (QED) is 0.499. The van der Waals surface area contributed by atoms with Gasteiger partial charge in [-0.2, -0.15) is 0 Å². The molecule has 1 atom stereocenters. The molecule has 2 aliphatic rings. The number of anilines is 1. The van der Waals surface area contributed by atoms with Crippen molar-refractivity contribution in [2.24, 2.45) is 0 Å². The highest BCUT2D eigenvalue weighted by atomic mass is 35.5. The van der Waals surface area contributed by atoms with Crippen LogP contribution in [0.4, 0.5) is 5.69 Å². The lowest BCUT2D eigenvalue weighted by Gasteiger charge is -2.36. The fourth-order valence-corrected chi connectivity index (χ4v) is 4.52. The normalized spacial score (nSPS) is 18.5. The van der Waals surface area contributed by atoms with Gasteiger partial charge in [0, 0.05) is 51.0 Å². The van der Waals surface area contributed by atoms with Crippen LogP contribution < -0.4 is 4.90 Å². The topological polar surface area (TPSA) is 28.6 Å². The highest BCUT2D eigenvalue weighted by Gasteiger charge is 2.21. The van der Waals surface area contributed by atoms with Crippen LogP contribution in [-0.2, 0) is 17.9 Å². The van der Waals surface area contributed by atoms with Gasteiger partial charge in [-0.25, -0.2) is 0 Å². The average molecular weight is 445 g/mol. The minimum absolute atomic E-state index is 0.00218. The second kappa shape index (κ2) is 9.86. The molecule has 1 saturated heterocycles. The Morgan fingerprint density at radius 3 is 2.62 bits per heavy atom. The van der Waals surface area contributed by atoms with E-state index in [1.807, 2.05) is 12.1 Å². The van der Waals surface area contributed by atoms with E-state index in [1.165, 1.54) is 22.4 Å². The Kier molecular flexibility index (Phi) is 6.54. The van der Waals surface area contributed by atoms with Crippen LogP contribution >= 0.6 is 11.6 Å². The number of piperazine rings is 1. The standard InChI is InChI=1S/C27H27ClN3O/c28-23-11-12-24(29-18-23)20-32-27-8-4-5-22-10-9-21(17-26(22)27)19-30-13-15-31(16-14-30)25-6-2-1-3-7-25/h1-3,5-7,9-12,17-18,27H,8,13-16,19-20H2. The molecule has 1 unspecified atom stereocenters. The van der Waals surface area contributed by atoms with Crippen molar-refractivity contribution in [3.63, 3.8) is 0 Å². The third kappa shape index (κ3) is 5.04. The highest BCUT2D eigenvalue weighted by Crippen LogP contribution is 2.32. The van der Waals surface area contributed by atoms with Gasteiger partial charge in [0.15, 0.2) is 0 Å². The number of pyridine rings is 1. The van der Waals surface area contributed by atoms with Gasteiger partial charge in [0.2, 0.25) is 0 Å². The Morgan fingerprint density at radius 1 is 1.00 bits per heavy atom. The van der Waals surface area contributed by atoms with Crippen LogP contribution in [-0.4, -0.2) is 36.1 Å². The van der Waals surface area contributed by atoms with Gasteiger partial charge >= 0.3 is 0 Å². The van der Waals surface area contributed by atoms with E-state index in [4.69, 9.17) is 16.3 Å². The second-order valence-corrected chi connectivity index (χ2v) is 8.82. The number of fused-ring (bicyclic) bond motifs is 1. The molecule has 5 heteroatoms. The lowest BCUT2D eigenvalue weighted by molar-refractivity contribution is 0.0377. The summed E-state index contributed by atoms with van der Waals surface area (Å²) in [5, 5.41) is 0.641. The van der Waals surface area contributed by atoms with E-state index in [-0.39, 0.29) is 6.10 Å². The molecular formula is C27H27ClN3O. The van der Waals surface area contributed by atoms with Gasteiger partial charge in [0.25, 0.3) is 0 Å². The maximum Gasteiger partial charge on any atom is 0.0896 e. The molecule has 0 amide bonds. The molecular weight excluding hydrogens is 418 g/mol. The van der Waals surface area contributed by atoms with E-state index in [1.54, 1.807) is 6.20 Å². The van der Waals surface area contributed by atoms with Gasteiger partial charge in [-0.05, 0) is 47.0 Å².